The number of hydrogen-bond acceptors (Lipinski definition) is 3. The van der Waals surface area contributed by atoms with E-state index in [1.165, 1.54) is 31.7 Å². The molecule has 0 aromatic heterocycles. The highest BCUT2D eigenvalue weighted by molar-refractivity contribution is 6.31. The molecule has 5 heteroatoms. The second-order valence-electron chi connectivity index (χ2n) is 5.43. The number of nitrogens with one attached hydrogen (secondary N) is 1. The van der Waals surface area contributed by atoms with E-state index in [1.54, 1.807) is 12.1 Å². The normalized spacial score (nSPS) is 23.1. The van der Waals surface area contributed by atoms with Gasteiger partial charge in [0.15, 0.2) is 0 Å². The van der Waals surface area contributed by atoms with Crippen LogP contribution in [0.3, 0.4) is 0 Å². The van der Waals surface area contributed by atoms with Gasteiger partial charge in [-0.05, 0) is 36.8 Å². The zero-order chi connectivity index (χ0) is 13.8. The minimum Gasteiger partial charge on any atom is -0.379 e. The molecule has 1 saturated carbocycles. The van der Waals surface area contributed by atoms with Crippen LogP contribution in [0.5, 0.6) is 0 Å². The number of nitro groups is 1. The Labute approximate surface area is 118 Å². The molecule has 0 heterocycles. The standard InChI is InChI=1S/C14H19ClN2O2/c1-10-2-4-11(5-3-10)9-16-13-8-12(15)6-7-14(13)17(18)19/h6-8,10-11,16H,2-5,9H2,1H3. The smallest absolute Gasteiger partial charge is 0.292 e. The van der Waals surface area contributed by atoms with Gasteiger partial charge in [0.05, 0.1) is 4.92 Å². The van der Waals surface area contributed by atoms with Gasteiger partial charge in [0, 0.05) is 17.6 Å². The first-order chi connectivity index (χ1) is 9.06. The van der Waals surface area contributed by atoms with E-state index in [-0.39, 0.29) is 10.6 Å². The SMILES string of the molecule is CC1CCC(CNc2cc(Cl)ccc2[N+](=O)[O-])CC1. The number of rotatable bonds is 4. The van der Waals surface area contributed by atoms with Crippen molar-refractivity contribution < 1.29 is 4.92 Å². The lowest BCUT2D eigenvalue weighted by atomic mass is 9.83. The Balaban J connectivity index is 1.98. The average Bonchev–Trinajstić information content (AvgIpc) is 2.38. The molecule has 0 atom stereocenters. The molecule has 0 unspecified atom stereocenters. The third-order valence-electron chi connectivity index (χ3n) is 3.87. The lowest BCUT2D eigenvalue weighted by molar-refractivity contribution is -0.384. The molecule has 1 N–H and O–H groups in total. The highest BCUT2D eigenvalue weighted by Gasteiger charge is 2.19. The summed E-state index contributed by atoms with van der Waals surface area (Å²) in [6.07, 6.45) is 4.90. The van der Waals surface area contributed by atoms with Crippen LogP contribution in [-0.4, -0.2) is 11.5 Å². The molecule has 1 aromatic rings. The van der Waals surface area contributed by atoms with Crippen LogP contribution in [0.25, 0.3) is 0 Å². The van der Waals surface area contributed by atoms with Crippen molar-refractivity contribution in [1.29, 1.82) is 0 Å². The van der Waals surface area contributed by atoms with Gasteiger partial charge < -0.3 is 5.32 Å². The van der Waals surface area contributed by atoms with E-state index >= 15 is 0 Å². The average molecular weight is 283 g/mol. The summed E-state index contributed by atoms with van der Waals surface area (Å²) in [5.41, 5.74) is 0.615. The first kappa shape index (κ1) is 14.1. The van der Waals surface area contributed by atoms with E-state index in [9.17, 15) is 10.1 Å². The number of nitrogens with zero attached hydrogens (tertiary/aromatic N) is 1. The van der Waals surface area contributed by atoms with Crippen molar-refractivity contribution in [3.8, 4) is 0 Å². The van der Waals surface area contributed by atoms with E-state index in [1.807, 2.05) is 0 Å². The fraction of sp³-hybridized carbons (Fsp3) is 0.571. The fourth-order valence-electron chi connectivity index (χ4n) is 2.60. The Morgan fingerprint density at radius 1 is 1.37 bits per heavy atom. The molecule has 1 fully saturated rings. The third-order valence-corrected chi connectivity index (χ3v) is 4.11. The van der Waals surface area contributed by atoms with Gasteiger partial charge in [-0.1, -0.05) is 31.4 Å². The zero-order valence-corrected chi connectivity index (χ0v) is 11.8. The summed E-state index contributed by atoms with van der Waals surface area (Å²) < 4.78 is 0. The van der Waals surface area contributed by atoms with Crippen LogP contribution in [0.2, 0.25) is 5.02 Å². The van der Waals surface area contributed by atoms with Gasteiger partial charge in [-0.3, -0.25) is 10.1 Å². The predicted octanol–water partition coefficient (Wildman–Crippen LogP) is 4.49. The number of halogens is 1. The second kappa shape index (κ2) is 6.24. The zero-order valence-electron chi connectivity index (χ0n) is 11.1. The molecule has 2 rings (SSSR count). The van der Waals surface area contributed by atoms with Gasteiger partial charge in [0.25, 0.3) is 5.69 Å². The van der Waals surface area contributed by atoms with Gasteiger partial charge in [-0.25, -0.2) is 0 Å². The Bertz CT molecular complexity index is 457. The molecule has 0 spiro atoms. The van der Waals surface area contributed by atoms with Crippen LogP contribution in [0.4, 0.5) is 11.4 Å². The maximum Gasteiger partial charge on any atom is 0.292 e. The van der Waals surface area contributed by atoms with E-state index in [4.69, 9.17) is 11.6 Å². The molecule has 1 aliphatic carbocycles. The maximum atomic E-state index is 10.9. The number of nitro benzene ring substituents is 1. The van der Waals surface area contributed by atoms with Crippen LogP contribution < -0.4 is 5.32 Å². The Morgan fingerprint density at radius 2 is 2.05 bits per heavy atom. The highest BCUT2D eigenvalue weighted by Crippen LogP contribution is 2.31. The van der Waals surface area contributed by atoms with Crippen molar-refractivity contribution in [2.24, 2.45) is 11.8 Å². The minimum absolute atomic E-state index is 0.0913. The van der Waals surface area contributed by atoms with Crippen LogP contribution in [-0.2, 0) is 0 Å². The van der Waals surface area contributed by atoms with Crippen molar-refractivity contribution in [1.82, 2.24) is 0 Å². The Hall–Kier alpha value is -1.29. The predicted molar refractivity (Wildman–Crippen MR) is 77.7 cm³/mol. The quantitative estimate of drug-likeness (QED) is 0.654. The number of anilines is 1. The molecule has 104 valence electrons. The molecule has 0 bridgehead atoms. The molecular weight excluding hydrogens is 264 g/mol. The van der Waals surface area contributed by atoms with Crippen LogP contribution >= 0.6 is 11.6 Å². The number of hydrogen-bond donors (Lipinski definition) is 1. The van der Waals surface area contributed by atoms with Crippen molar-refractivity contribution in [2.45, 2.75) is 32.6 Å². The third kappa shape index (κ3) is 3.83. The molecule has 0 radical (unpaired) electrons. The first-order valence-corrected chi connectivity index (χ1v) is 7.12. The summed E-state index contributed by atoms with van der Waals surface area (Å²) in [5.74, 6) is 1.42. The molecular formula is C14H19ClN2O2. The van der Waals surface area contributed by atoms with Crippen molar-refractivity contribution in [2.75, 3.05) is 11.9 Å². The molecule has 0 aliphatic heterocycles. The van der Waals surface area contributed by atoms with Crippen molar-refractivity contribution >= 4 is 23.0 Å². The molecule has 0 saturated heterocycles. The lowest BCUT2D eigenvalue weighted by Gasteiger charge is -2.26. The van der Waals surface area contributed by atoms with Gasteiger partial charge in [-0.2, -0.15) is 0 Å². The topological polar surface area (TPSA) is 55.2 Å². The van der Waals surface area contributed by atoms with E-state index in [0.29, 0.717) is 16.6 Å². The van der Waals surface area contributed by atoms with Gasteiger partial charge >= 0.3 is 0 Å². The summed E-state index contributed by atoms with van der Waals surface area (Å²) >= 11 is 5.90. The summed E-state index contributed by atoms with van der Waals surface area (Å²) in [6, 6.07) is 4.63. The molecule has 19 heavy (non-hydrogen) atoms. The van der Waals surface area contributed by atoms with Gasteiger partial charge in [-0.15, -0.1) is 0 Å². The van der Waals surface area contributed by atoms with E-state index < -0.39 is 0 Å². The molecule has 4 nitrogen and oxygen atoms in total. The summed E-state index contributed by atoms with van der Waals surface area (Å²) in [5, 5.41) is 14.7. The Morgan fingerprint density at radius 3 is 2.68 bits per heavy atom. The summed E-state index contributed by atoms with van der Waals surface area (Å²) in [7, 11) is 0. The van der Waals surface area contributed by atoms with Crippen molar-refractivity contribution in [3.05, 3.63) is 33.3 Å². The first-order valence-electron chi connectivity index (χ1n) is 6.74. The van der Waals surface area contributed by atoms with Crippen LogP contribution in [0.1, 0.15) is 32.6 Å². The largest absolute Gasteiger partial charge is 0.379 e. The van der Waals surface area contributed by atoms with Crippen molar-refractivity contribution in [3.63, 3.8) is 0 Å². The summed E-state index contributed by atoms with van der Waals surface area (Å²) in [4.78, 5) is 10.6. The Kier molecular flexibility index (Phi) is 4.64. The molecule has 1 aromatic carbocycles. The molecule has 1 aliphatic rings. The highest BCUT2D eigenvalue weighted by atomic mass is 35.5. The number of benzene rings is 1. The van der Waals surface area contributed by atoms with Gasteiger partial charge in [0.1, 0.15) is 5.69 Å². The van der Waals surface area contributed by atoms with Crippen LogP contribution in [0.15, 0.2) is 18.2 Å². The van der Waals surface area contributed by atoms with E-state index in [0.717, 1.165) is 12.5 Å². The van der Waals surface area contributed by atoms with Crippen LogP contribution in [0, 0.1) is 22.0 Å². The summed E-state index contributed by atoms with van der Waals surface area (Å²) in [6.45, 7) is 3.07. The maximum absolute atomic E-state index is 10.9. The lowest BCUT2D eigenvalue weighted by Crippen LogP contribution is -2.20. The fourth-order valence-corrected chi connectivity index (χ4v) is 2.77. The monoisotopic (exact) mass is 282 g/mol. The van der Waals surface area contributed by atoms with Gasteiger partial charge in [0.2, 0.25) is 0 Å². The molecule has 0 amide bonds. The second-order valence-corrected chi connectivity index (χ2v) is 5.86. The van der Waals surface area contributed by atoms with E-state index in [2.05, 4.69) is 12.2 Å². The minimum atomic E-state index is -0.373.